The molecule has 2 N–H and O–H groups in total. The first-order valence-electron chi connectivity index (χ1n) is 6.48. The minimum absolute atomic E-state index is 0.0844. The van der Waals surface area contributed by atoms with E-state index in [1.165, 1.54) is 4.31 Å². The van der Waals surface area contributed by atoms with Gasteiger partial charge in [-0.25, -0.2) is 8.42 Å². The Balaban J connectivity index is 3.37. The molecule has 6 nitrogen and oxygen atoms in total. The molecule has 1 heterocycles. The molecular formula is C13H24N4O2S. The third kappa shape index (κ3) is 3.28. The Hall–Kier alpha value is -1.18. The van der Waals surface area contributed by atoms with Crippen molar-refractivity contribution in [2.75, 3.05) is 13.6 Å². The number of aromatic nitrogens is 2. The summed E-state index contributed by atoms with van der Waals surface area (Å²) in [6.07, 6.45) is 1.58. The Labute approximate surface area is 121 Å². The monoisotopic (exact) mass is 300 g/mol. The van der Waals surface area contributed by atoms with Crippen LogP contribution in [-0.4, -0.2) is 42.1 Å². The third-order valence-corrected chi connectivity index (χ3v) is 5.07. The molecule has 0 radical (unpaired) electrons. The Bertz CT molecular complexity index is 570. The molecule has 1 rings (SSSR count). The Kier molecular flexibility index (Phi) is 5.12. The molecule has 114 valence electrons. The van der Waals surface area contributed by atoms with Crippen LogP contribution < -0.4 is 5.32 Å². The van der Waals surface area contributed by atoms with Gasteiger partial charge in [-0.2, -0.15) is 9.40 Å². The van der Waals surface area contributed by atoms with Gasteiger partial charge in [0.2, 0.25) is 0 Å². The zero-order valence-electron chi connectivity index (χ0n) is 12.8. The fourth-order valence-electron chi connectivity index (χ4n) is 1.98. The summed E-state index contributed by atoms with van der Waals surface area (Å²) >= 11 is 0. The van der Waals surface area contributed by atoms with Gasteiger partial charge in [0.05, 0.1) is 0 Å². The summed E-state index contributed by atoms with van der Waals surface area (Å²) in [5.41, 5.74) is 0.882. The van der Waals surface area contributed by atoms with Gasteiger partial charge in [-0.1, -0.05) is 6.08 Å². The lowest BCUT2D eigenvalue weighted by atomic mass is 10.1. The average Bonchev–Trinajstić information content (AvgIpc) is 2.67. The maximum Gasteiger partial charge on any atom is 0.263 e. The van der Waals surface area contributed by atoms with Crippen LogP contribution in [0.4, 0.5) is 0 Å². The standard InChI is InChI=1S/C13H24N4O2S/c1-7-8-17(13(3,4)5)20(18,19)12-11(9-14-6)10(2)15-16-12/h7,14H,1,8-9H2,2-6H3,(H,15,16). The van der Waals surface area contributed by atoms with Crippen LogP contribution in [-0.2, 0) is 16.6 Å². The summed E-state index contributed by atoms with van der Waals surface area (Å²) in [6.45, 7) is 11.7. The number of hydrogen-bond acceptors (Lipinski definition) is 4. The van der Waals surface area contributed by atoms with E-state index in [-0.39, 0.29) is 11.6 Å². The first kappa shape index (κ1) is 16.9. The number of rotatable bonds is 6. The van der Waals surface area contributed by atoms with Gasteiger partial charge >= 0.3 is 0 Å². The van der Waals surface area contributed by atoms with Gasteiger partial charge in [0.15, 0.2) is 5.03 Å². The fraction of sp³-hybridized carbons (Fsp3) is 0.615. The molecular weight excluding hydrogens is 276 g/mol. The molecule has 0 aromatic carbocycles. The SMILES string of the molecule is C=CCN(C(C)(C)C)S(=O)(=O)c1n[nH]c(C)c1CNC. The van der Waals surface area contributed by atoms with Gasteiger partial charge in [0.25, 0.3) is 10.0 Å². The number of hydrogen-bond donors (Lipinski definition) is 2. The maximum atomic E-state index is 12.8. The maximum absolute atomic E-state index is 12.8. The van der Waals surface area contributed by atoms with E-state index in [1.54, 1.807) is 13.1 Å². The molecule has 1 aromatic rings. The van der Waals surface area contributed by atoms with Crippen molar-refractivity contribution < 1.29 is 8.42 Å². The minimum Gasteiger partial charge on any atom is -0.316 e. The smallest absolute Gasteiger partial charge is 0.263 e. The molecule has 0 saturated heterocycles. The molecule has 0 fully saturated rings. The fourth-order valence-corrected chi connectivity index (χ4v) is 3.91. The lowest BCUT2D eigenvalue weighted by Gasteiger charge is -2.33. The van der Waals surface area contributed by atoms with Crippen molar-refractivity contribution in [2.24, 2.45) is 0 Å². The molecule has 20 heavy (non-hydrogen) atoms. The predicted molar refractivity (Wildman–Crippen MR) is 79.9 cm³/mol. The summed E-state index contributed by atoms with van der Waals surface area (Å²) in [4.78, 5) is 0. The number of nitrogens with zero attached hydrogens (tertiary/aromatic N) is 2. The van der Waals surface area contributed by atoms with E-state index in [1.807, 2.05) is 27.7 Å². The van der Waals surface area contributed by atoms with E-state index in [2.05, 4.69) is 22.1 Å². The highest BCUT2D eigenvalue weighted by atomic mass is 32.2. The molecule has 0 bridgehead atoms. The highest BCUT2D eigenvalue weighted by Crippen LogP contribution is 2.26. The van der Waals surface area contributed by atoms with Crippen molar-refractivity contribution in [3.63, 3.8) is 0 Å². The van der Waals surface area contributed by atoms with Crippen LogP contribution in [0, 0.1) is 6.92 Å². The average molecular weight is 300 g/mol. The van der Waals surface area contributed by atoms with E-state index in [9.17, 15) is 8.42 Å². The Morgan fingerprint density at radius 3 is 2.50 bits per heavy atom. The molecule has 0 saturated carbocycles. The van der Waals surface area contributed by atoms with Crippen LogP contribution in [0.15, 0.2) is 17.7 Å². The normalized spacial score (nSPS) is 12.9. The van der Waals surface area contributed by atoms with Gasteiger partial charge in [-0.3, -0.25) is 5.10 Å². The second kappa shape index (κ2) is 6.07. The van der Waals surface area contributed by atoms with Crippen molar-refractivity contribution in [3.8, 4) is 0 Å². The van der Waals surface area contributed by atoms with Crippen molar-refractivity contribution in [1.29, 1.82) is 0 Å². The highest BCUT2D eigenvalue weighted by molar-refractivity contribution is 7.89. The van der Waals surface area contributed by atoms with Crippen molar-refractivity contribution in [1.82, 2.24) is 19.8 Å². The first-order valence-corrected chi connectivity index (χ1v) is 7.92. The van der Waals surface area contributed by atoms with Crippen molar-refractivity contribution in [2.45, 2.75) is 44.8 Å². The second-order valence-corrected chi connectivity index (χ2v) is 7.44. The quantitative estimate of drug-likeness (QED) is 0.779. The summed E-state index contributed by atoms with van der Waals surface area (Å²) in [6, 6.07) is 0. The van der Waals surface area contributed by atoms with Crippen LogP contribution in [0.1, 0.15) is 32.0 Å². The van der Waals surface area contributed by atoms with Crippen LogP contribution in [0.2, 0.25) is 0 Å². The Morgan fingerprint density at radius 1 is 1.45 bits per heavy atom. The van der Waals surface area contributed by atoms with Crippen LogP contribution >= 0.6 is 0 Å². The van der Waals surface area contributed by atoms with Gasteiger partial charge in [-0.15, -0.1) is 6.58 Å². The Morgan fingerprint density at radius 2 is 2.05 bits per heavy atom. The third-order valence-electron chi connectivity index (χ3n) is 2.97. The lowest BCUT2D eigenvalue weighted by Crippen LogP contribution is -2.46. The van der Waals surface area contributed by atoms with Gasteiger partial charge in [-0.05, 0) is 34.7 Å². The molecule has 7 heteroatoms. The van der Waals surface area contributed by atoms with Crippen molar-refractivity contribution in [3.05, 3.63) is 23.9 Å². The number of aryl methyl sites for hydroxylation is 1. The predicted octanol–water partition coefficient (Wildman–Crippen LogP) is 1.41. The van der Waals surface area contributed by atoms with E-state index in [0.717, 1.165) is 5.69 Å². The molecule has 1 aromatic heterocycles. The summed E-state index contributed by atoms with van der Waals surface area (Å²) in [7, 11) is -1.90. The van der Waals surface area contributed by atoms with Crippen molar-refractivity contribution >= 4 is 10.0 Å². The summed E-state index contributed by atoms with van der Waals surface area (Å²) in [5.74, 6) is 0. The van der Waals surface area contributed by atoms with Gasteiger partial charge in [0, 0.05) is 29.9 Å². The molecule has 0 unspecified atom stereocenters. The number of aromatic amines is 1. The zero-order chi connectivity index (χ0) is 15.6. The van der Waals surface area contributed by atoms with Crippen LogP contribution in [0.25, 0.3) is 0 Å². The van der Waals surface area contributed by atoms with Crippen LogP contribution in [0.3, 0.4) is 0 Å². The van der Waals surface area contributed by atoms with E-state index >= 15 is 0 Å². The number of H-pyrrole nitrogens is 1. The minimum atomic E-state index is -3.67. The second-order valence-electron chi connectivity index (χ2n) is 5.66. The molecule has 0 spiro atoms. The van der Waals surface area contributed by atoms with E-state index in [4.69, 9.17) is 0 Å². The van der Waals surface area contributed by atoms with Crippen LogP contribution in [0.5, 0.6) is 0 Å². The first-order chi connectivity index (χ1) is 9.16. The van der Waals surface area contributed by atoms with E-state index < -0.39 is 15.6 Å². The van der Waals surface area contributed by atoms with Gasteiger partial charge < -0.3 is 5.32 Å². The lowest BCUT2D eigenvalue weighted by molar-refractivity contribution is 0.269. The topological polar surface area (TPSA) is 78.1 Å². The molecule has 0 amide bonds. The zero-order valence-corrected chi connectivity index (χ0v) is 13.6. The molecule has 0 atom stereocenters. The summed E-state index contributed by atoms with van der Waals surface area (Å²) < 4.78 is 27.1. The number of sulfonamides is 1. The molecule has 0 aliphatic heterocycles. The summed E-state index contributed by atoms with van der Waals surface area (Å²) in [5, 5.41) is 9.80. The molecule has 0 aliphatic rings. The van der Waals surface area contributed by atoms with Gasteiger partial charge in [0.1, 0.15) is 0 Å². The number of nitrogens with one attached hydrogen (secondary N) is 2. The largest absolute Gasteiger partial charge is 0.316 e. The molecule has 0 aliphatic carbocycles. The van der Waals surface area contributed by atoms with E-state index in [0.29, 0.717) is 12.1 Å². The highest BCUT2D eigenvalue weighted by Gasteiger charge is 2.36.